The first-order chi connectivity index (χ1) is 13.4. The van der Waals surface area contributed by atoms with Gasteiger partial charge in [0.15, 0.2) is 6.10 Å². The molecule has 2 aromatic rings. The summed E-state index contributed by atoms with van der Waals surface area (Å²) in [6, 6.07) is 13.9. The number of carboxylic acids is 1. The Hall–Kier alpha value is -3.06. The van der Waals surface area contributed by atoms with Gasteiger partial charge in [-0.1, -0.05) is 36.8 Å². The van der Waals surface area contributed by atoms with Gasteiger partial charge in [0, 0.05) is 0 Å². The zero-order valence-electron chi connectivity index (χ0n) is 15.4. The van der Waals surface area contributed by atoms with Crippen LogP contribution in [0.25, 0.3) is 6.08 Å². The van der Waals surface area contributed by atoms with E-state index in [1.54, 1.807) is 49.4 Å². The van der Waals surface area contributed by atoms with Crippen molar-refractivity contribution >= 4 is 40.6 Å². The number of imide groups is 1. The van der Waals surface area contributed by atoms with E-state index < -0.39 is 12.1 Å². The summed E-state index contributed by atoms with van der Waals surface area (Å²) in [5.74, 6) is -1.03. The van der Waals surface area contributed by atoms with Gasteiger partial charge in [-0.05, 0) is 61.0 Å². The van der Waals surface area contributed by atoms with Crippen LogP contribution in [-0.4, -0.2) is 28.3 Å². The van der Waals surface area contributed by atoms with E-state index in [0.717, 1.165) is 22.2 Å². The molecule has 1 atom stereocenters. The predicted octanol–water partition coefficient (Wildman–Crippen LogP) is 4.48. The van der Waals surface area contributed by atoms with Gasteiger partial charge in [0.25, 0.3) is 11.1 Å². The van der Waals surface area contributed by atoms with Gasteiger partial charge in [-0.15, -0.1) is 0 Å². The molecule has 3 rings (SSSR count). The smallest absolute Gasteiger partial charge is 0.344 e. The fourth-order valence-corrected chi connectivity index (χ4v) is 3.53. The van der Waals surface area contributed by atoms with Crippen molar-refractivity contribution < 1.29 is 24.2 Å². The number of benzene rings is 2. The van der Waals surface area contributed by atoms with Gasteiger partial charge in [-0.25, -0.2) is 9.69 Å². The van der Waals surface area contributed by atoms with Crippen LogP contribution < -0.4 is 9.64 Å². The third-order valence-corrected chi connectivity index (χ3v) is 5.04. The minimum atomic E-state index is -1.04. The fraction of sp³-hybridized carbons (Fsp3) is 0.190. The molecule has 1 fully saturated rings. The first kappa shape index (κ1) is 19.7. The number of amides is 2. The van der Waals surface area contributed by atoms with E-state index in [1.165, 1.54) is 0 Å². The van der Waals surface area contributed by atoms with Gasteiger partial charge < -0.3 is 9.84 Å². The highest BCUT2D eigenvalue weighted by atomic mass is 32.2. The van der Waals surface area contributed by atoms with Crippen LogP contribution in [0.1, 0.15) is 24.5 Å². The molecule has 7 heteroatoms. The number of thioether (sulfide) groups is 1. The Labute approximate surface area is 166 Å². The first-order valence-electron chi connectivity index (χ1n) is 8.73. The van der Waals surface area contributed by atoms with Crippen LogP contribution in [0, 0.1) is 6.92 Å². The van der Waals surface area contributed by atoms with Gasteiger partial charge in [0.2, 0.25) is 0 Å². The molecule has 0 saturated carbocycles. The molecule has 1 N–H and O–H groups in total. The Morgan fingerprint density at radius 1 is 1.21 bits per heavy atom. The molecular weight excluding hydrogens is 378 g/mol. The molecule has 0 aliphatic carbocycles. The van der Waals surface area contributed by atoms with Crippen molar-refractivity contribution in [3.63, 3.8) is 0 Å². The van der Waals surface area contributed by atoms with E-state index >= 15 is 0 Å². The topological polar surface area (TPSA) is 83.9 Å². The predicted molar refractivity (Wildman–Crippen MR) is 108 cm³/mol. The second-order valence-electron chi connectivity index (χ2n) is 6.28. The summed E-state index contributed by atoms with van der Waals surface area (Å²) in [5.41, 5.74) is 2.21. The highest BCUT2D eigenvalue weighted by molar-refractivity contribution is 8.19. The zero-order valence-corrected chi connectivity index (χ0v) is 16.2. The molecule has 1 unspecified atom stereocenters. The van der Waals surface area contributed by atoms with Gasteiger partial charge in [0.05, 0.1) is 10.6 Å². The summed E-state index contributed by atoms with van der Waals surface area (Å²) in [5, 5.41) is 8.77. The number of ether oxygens (including phenoxy) is 1. The van der Waals surface area contributed by atoms with Crippen LogP contribution in [-0.2, 0) is 9.59 Å². The van der Waals surface area contributed by atoms with E-state index in [1.807, 2.05) is 19.1 Å². The molecule has 0 spiro atoms. The van der Waals surface area contributed by atoms with E-state index in [2.05, 4.69) is 0 Å². The maximum absolute atomic E-state index is 12.7. The molecule has 1 heterocycles. The van der Waals surface area contributed by atoms with Crippen LogP contribution in [0.3, 0.4) is 0 Å². The Kier molecular flexibility index (Phi) is 5.84. The Morgan fingerprint density at radius 2 is 1.93 bits per heavy atom. The summed E-state index contributed by atoms with van der Waals surface area (Å²) in [4.78, 5) is 37.6. The standard InChI is InChI=1S/C21H19NO5S/c1-3-17(20(24)25)27-16-6-4-5-14(11-16)12-18-19(23)22(21(26)28-18)15-9-7-13(2)8-10-15/h4-12,17H,3H2,1-2H3,(H,24,25)/b18-12+. The van der Waals surface area contributed by atoms with Crippen LogP contribution >= 0.6 is 11.8 Å². The van der Waals surface area contributed by atoms with Crippen LogP contribution in [0.2, 0.25) is 0 Å². The van der Waals surface area contributed by atoms with Crippen molar-refractivity contribution in [1.82, 2.24) is 0 Å². The maximum atomic E-state index is 12.7. The lowest BCUT2D eigenvalue weighted by molar-refractivity contribution is -0.145. The zero-order chi connectivity index (χ0) is 20.3. The lowest BCUT2D eigenvalue weighted by Crippen LogP contribution is -2.27. The number of carboxylic acid groups (broad SMARTS) is 1. The second-order valence-corrected chi connectivity index (χ2v) is 7.27. The summed E-state index contributed by atoms with van der Waals surface area (Å²) in [7, 11) is 0. The average molecular weight is 397 g/mol. The third kappa shape index (κ3) is 4.26. The van der Waals surface area contributed by atoms with E-state index in [9.17, 15) is 14.4 Å². The first-order valence-corrected chi connectivity index (χ1v) is 9.55. The molecule has 28 heavy (non-hydrogen) atoms. The van der Waals surface area contributed by atoms with Crippen molar-refractivity contribution in [2.75, 3.05) is 4.90 Å². The molecule has 0 bridgehead atoms. The number of carbonyl (C=O) groups is 3. The molecule has 1 aliphatic heterocycles. The van der Waals surface area contributed by atoms with Gasteiger partial charge in [-0.2, -0.15) is 0 Å². The SMILES string of the molecule is CCC(Oc1cccc(/C=C2/SC(=O)N(c3ccc(C)cc3)C2=O)c1)C(=O)O. The van der Waals surface area contributed by atoms with E-state index in [0.29, 0.717) is 28.3 Å². The van der Waals surface area contributed by atoms with Crippen LogP contribution in [0.4, 0.5) is 10.5 Å². The van der Waals surface area contributed by atoms with E-state index in [-0.39, 0.29) is 11.1 Å². The monoisotopic (exact) mass is 397 g/mol. The van der Waals surface area contributed by atoms with Gasteiger partial charge in [-0.3, -0.25) is 9.59 Å². The number of anilines is 1. The van der Waals surface area contributed by atoms with Crippen molar-refractivity contribution in [3.8, 4) is 5.75 Å². The normalized spacial score (nSPS) is 16.5. The fourth-order valence-electron chi connectivity index (χ4n) is 2.69. The number of rotatable bonds is 6. The molecule has 144 valence electrons. The lowest BCUT2D eigenvalue weighted by Gasteiger charge is -2.13. The Balaban J connectivity index is 1.83. The minimum Gasteiger partial charge on any atom is -0.479 e. The molecule has 0 aromatic heterocycles. The number of hydrogen-bond acceptors (Lipinski definition) is 5. The van der Waals surface area contributed by atoms with Crippen molar-refractivity contribution in [2.45, 2.75) is 26.4 Å². The molecule has 1 aliphatic rings. The van der Waals surface area contributed by atoms with Crippen molar-refractivity contribution in [2.24, 2.45) is 0 Å². The number of aliphatic carboxylic acids is 1. The van der Waals surface area contributed by atoms with Gasteiger partial charge >= 0.3 is 5.97 Å². The average Bonchev–Trinajstić information content (AvgIpc) is 2.94. The van der Waals surface area contributed by atoms with Crippen LogP contribution in [0.5, 0.6) is 5.75 Å². The molecule has 2 amide bonds. The largest absolute Gasteiger partial charge is 0.479 e. The quantitative estimate of drug-likeness (QED) is 0.724. The number of aryl methyl sites for hydroxylation is 1. The highest BCUT2D eigenvalue weighted by Gasteiger charge is 2.36. The summed E-state index contributed by atoms with van der Waals surface area (Å²) in [6.45, 7) is 3.66. The Morgan fingerprint density at radius 3 is 2.57 bits per heavy atom. The highest BCUT2D eigenvalue weighted by Crippen LogP contribution is 2.36. The van der Waals surface area contributed by atoms with E-state index in [4.69, 9.17) is 9.84 Å². The van der Waals surface area contributed by atoms with Crippen molar-refractivity contribution in [3.05, 3.63) is 64.6 Å². The molecule has 1 saturated heterocycles. The maximum Gasteiger partial charge on any atom is 0.344 e. The number of hydrogen-bond donors (Lipinski definition) is 1. The summed E-state index contributed by atoms with van der Waals surface area (Å²) >= 11 is 0.868. The molecule has 2 aromatic carbocycles. The second kappa shape index (κ2) is 8.31. The van der Waals surface area contributed by atoms with Crippen LogP contribution in [0.15, 0.2) is 53.4 Å². The summed E-state index contributed by atoms with van der Waals surface area (Å²) in [6.07, 6.45) is 0.992. The number of carbonyl (C=O) groups excluding carboxylic acids is 2. The molecular formula is C21H19NO5S. The molecule has 6 nitrogen and oxygen atoms in total. The van der Waals surface area contributed by atoms with Gasteiger partial charge in [0.1, 0.15) is 5.75 Å². The molecule has 0 radical (unpaired) electrons. The third-order valence-electron chi connectivity index (χ3n) is 4.17. The minimum absolute atomic E-state index is 0.299. The summed E-state index contributed by atoms with van der Waals surface area (Å²) < 4.78 is 5.48. The number of nitrogens with zero attached hydrogens (tertiary/aromatic N) is 1. The van der Waals surface area contributed by atoms with Crippen molar-refractivity contribution in [1.29, 1.82) is 0 Å². The lowest BCUT2D eigenvalue weighted by atomic mass is 10.2. The Bertz CT molecular complexity index is 952.